The molecule has 2 rings (SSSR count). The number of aryl methyl sites for hydroxylation is 3. The SMILES string of the molecule is Cc1cc(C)c(C(=O)C(C)(C)c2ccc(N)cc2)cc1C. The number of hydrogen-bond donors (Lipinski definition) is 1. The number of nitrogen functional groups attached to an aromatic ring is 1. The standard InChI is InChI=1S/C19H23NO/c1-12-10-14(3)17(11-13(12)2)18(21)19(4,5)15-6-8-16(20)9-7-15/h6-11H,20H2,1-5H3. The van der Waals surface area contributed by atoms with Gasteiger partial charge in [0.2, 0.25) is 0 Å². The molecule has 0 aliphatic rings. The van der Waals surface area contributed by atoms with Crippen LogP contribution in [0.4, 0.5) is 5.69 Å². The van der Waals surface area contributed by atoms with Gasteiger partial charge in [-0.05, 0) is 75.1 Å². The average Bonchev–Trinajstić information content (AvgIpc) is 2.42. The molecule has 21 heavy (non-hydrogen) atoms. The van der Waals surface area contributed by atoms with Gasteiger partial charge in [0.15, 0.2) is 5.78 Å². The van der Waals surface area contributed by atoms with E-state index in [1.165, 1.54) is 5.56 Å². The van der Waals surface area contributed by atoms with Crippen molar-refractivity contribution in [2.75, 3.05) is 5.73 Å². The summed E-state index contributed by atoms with van der Waals surface area (Å²) in [5, 5.41) is 0. The lowest BCUT2D eigenvalue weighted by Gasteiger charge is -2.25. The number of anilines is 1. The summed E-state index contributed by atoms with van der Waals surface area (Å²) in [5.74, 6) is 0.146. The third-order valence-corrected chi connectivity index (χ3v) is 4.29. The summed E-state index contributed by atoms with van der Waals surface area (Å²) in [6, 6.07) is 11.6. The average molecular weight is 281 g/mol. The van der Waals surface area contributed by atoms with Gasteiger partial charge in [0.1, 0.15) is 0 Å². The Kier molecular flexibility index (Phi) is 3.91. The van der Waals surface area contributed by atoms with Crippen molar-refractivity contribution in [2.45, 2.75) is 40.0 Å². The Morgan fingerprint density at radius 3 is 2.00 bits per heavy atom. The minimum Gasteiger partial charge on any atom is -0.399 e. The lowest BCUT2D eigenvalue weighted by atomic mass is 9.76. The monoisotopic (exact) mass is 281 g/mol. The predicted octanol–water partition coefficient (Wildman–Crippen LogP) is 4.35. The Labute approximate surface area is 127 Å². The van der Waals surface area contributed by atoms with Gasteiger partial charge in [-0.25, -0.2) is 0 Å². The highest BCUT2D eigenvalue weighted by Crippen LogP contribution is 2.30. The number of carbonyl (C=O) groups excluding carboxylic acids is 1. The van der Waals surface area contributed by atoms with Crippen LogP contribution in [0.15, 0.2) is 36.4 Å². The first-order chi connectivity index (χ1) is 9.73. The molecule has 0 aliphatic carbocycles. The molecule has 2 aromatic carbocycles. The molecule has 0 fully saturated rings. The van der Waals surface area contributed by atoms with Gasteiger partial charge in [0, 0.05) is 11.3 Å². The zero-order valence-electron chi connectivity index (χ0n) is 13.4. The molecular weight excluding hydrogens is 258 g/mol. The summed E-state index contributed by atoms with van der Waals surface area (Å²) in [5.41, 5.74) is 11.1. The van der Waals surface area contributed by atoms with Gasteiger partial charge >= 0.3 is 0 Å². The van der Waals surface area contributed by atoms with E-state index in [4.69, 9.17) is 5.73 Å². The highest BCUT2D eigenvalue weighted by atomic mass is 16.1. The highest BCUT2D eigenvalue weighted by molar-refractivity contribution is 6.04. The van der Waals surface area contributed by atoms with Crippen LogP contribution >= 0.6 is 0 Å². The van der Waals surface area contributed by atoms with Crippen molar-refractivity contribution in [3.63, 3.8) is 0 Å². The first-order valence-electron chi connectivity index (χ1n) is 7.22. The third kappa shape index (κ3) is 2.85. The van der Waals surface area contributed by atoms with Crippen LogP contribution in [0.5, 0.6) is 0 Å². The molecule has 0 saturated carbocycles. The first-order valence-corrected chi connectivity index (χ1v) is 7.22. The molecule has 0 bridgehead atoms. The fraction of sp³-hybridized carbons (Fsp3) is 0.316. The molecule has 2 aromatic rings. The van der Waals surface area contributed by atoms with Crippen molar-refractivity contribution in [3.8, 4) is 0 Å². The number of carbonyl (C=O) groups is 1. The van der Waals surface area contributed by atoms with Gasteiger partial charge in [0.05, 0.1) is 5.41 Å². The molecule has 0 amide bonds. The smallest absolute Gasteiger partial charge is 0.173 e. The van der Waals surface area contributed by atoms with Crippen LogP contribution in [0.3, 0.4) is 0 Å². The van der Waals surface area contributed by atoms with Crippen molar-refractivity contribution in [3.05, 3.63) is 64.2 Å². The lowest BCUT2D eigenvalue weighted by Crippen LogP contribution is -2.29. The number of ketones is 1. The molecule has 2 N–H and O–H groups in total. The molecule has 0 spiro atoms. The van der Waals surface area contributed by atoms with E-state index in [0.29, 0.717) is 5.69 Å². The summed E-state index contributed by atoms with van der Waals surface area (Å²) < 4.78 is 0. The number of Topliss-reactive ketones (excluding diaryl/α,β-unsaturated/α-hetero) is 1. The summed E-state index contributed by atoms with van der Waals surface area (Å²) >= 11 is 0. The molecule has 110 valence electrons. The van der Waals surface area contributed by atoms with Crippen molar-refractivity contribution >= 4 is 11.5 Å². The summed E-state index contributed by atoms with van der Waals surface area (Å²) in [4.78, 5) is 13.0. The molecular formula is C19H23NO. The van der Waals surface area contributed by atoms with Crippen molar-refractivity contribution < 1.29 is 4.79 Å². The van der Waals surface area contributed by atoms with Crippen LogP contribution in [0.1, 0.15) is 46.5 Å². The van der Waals surface area contributed by atoms with E-state index in [1.807, 2.05) is 58.0 Å². The number of benzene rings is 2. The minimum absolute atomic E-state index is 0.146. The molecule has 0 saturated heterocycles. The lowest BCUT2D eigenvalue weighted by molar-refractivity contribution is 0.0908. The van der Waals surface area contributed by atoms with E-state index in [-0.39, 0.29) is 5.78 Å². The third-order valence-electron chi connectivity index (χ3n) is 4.29. The number of nitrogens with two attached hydrogens (primary N) is 1. The van der Waals surface area contributed by atoms with Crippen molar-refractivity contribution in [1.29, 1.82) is 0 Å². The summed E-state index contributed by atoms with van der Waals surface area (Å²) in [6.07, 6.45) is 0. The molecule has 0 atom stereocenters. The molecule has 2 nitrogen and oxygen atoms in total. The fourth-order valence-electron chi connectivity index (χ4n) is 2.57. The summed E-state index contributed by atoms with van der Waals surface area (Å²) in [7, 11) is 0. The maximum Gasteiger partial charge on any atom is 0.173 e. The molecule has 0 aliphatic heterocycles. The maximum absolute atomic E-state index is 13.0. The predicted molar refractivity (Wildman–Crippen MR) is 88.9 cm³/mol. The Bertz CT molecular complexity index is 681. The maximum atomic E-state index is 13.0. The van der Waals surface area contributed by atoms with Gasteiger partial charge < -0.3 is 5.73 Å². The Balaban J connectivity index is 2.47. The number of rotatable bonds is 3. The van der Waals surface area contributed by atoms with E-state index in [1.54, 1.807) is 0 Å². The molecule has 0 heterocycles. The molecule has 2 heteroatoms. The van der Waals surface area contributed by atoms with E-state index in [0.717, 1.165) is 22.3 Å². The quantitative estimate of drug-likeness (QED) is 0.671. The van der Waals surface area contributed by atoms with Crippen LogP contribution in [0.2, 0.25) is 0 Å². The van der Waals surface area contributed by atoms with Crippen LogP contribution in [-0.4, -0.2) is 5.78 Å². The topological polar surface area (TPSA) is 43.1 Å². The second-order valence-electron chi connectivity index (χ2n) is 6.33. The van der Waals surface area contributed by atoms with E-state index in [9.17, 15) is 4.79 Å². The van der Waals surface area contributed by atoms with E-state index < -0.39 is 5.41 Å². The highest BCUT2D eigenvalue weighted by Gasteiger charge is 2.31. The second kappa shape index (κ2) is 5.36. The Morgan fingerprint density at radius 1 is 0.905 bits per heavy atom. The molecule has 0 aromatic heterocycles. The van der Waals surface area contributed by atoms with Crippen LogP contribution < -0.4 is 5.73 Å². The van der Waals surface area contributed by atoms with E-state index >= 15 is 0 Å². The molecule has 0 radical (unpaired) electrons. The van der Waals surface area contributed by atoms with Crippen molar-refractivity contribution in [2.24, 2.45) is 0 Å². The Morgan fingerprint density at radius 2 is 1.43 bits per heavy atom. The van der Waals surface area contributed by atoms with Crippen LogP contribution in [0.25, 0.3) is 0 Å². The van der Waals surface area contributed by atoms with E-state index in [2.05, 4.69) is 13.0 Å². The first kappa shape index (κ1) is 15.3. The Hall–Kier alpha value is -2.09. The van der Waals surface area contributed by atoms with Gasteiger partial charge in [-0.15, -0.1) is 0 Å². The zero-order valence-corrected chi connectivity index (χ0v) is 13.4. The fourth-order valence-corrected chi connectivity index (χ4v) is 2.57. The van der Waals surface area contributed by atoms with Crippen LogP contribution in [0, 0.1) is 20.8 Å². The second-order valence-corrected chi connectivity index (χ2v) is 6.33. The summed E-state index contributed by atoms with van der Waals surface area (Å²) in [6.45, 7) is 10.0. The van der Waals surface area contributed by atoms with Gasteiger partial charge in [-0.2, -0.15) is 0 Å². The number of hydrogen-bond acceptors (Lipinski definition) is 2. The van der Waals surface area contributed by atoms with Crippen LogP contribution in [-0.2, 0) is 5.41 Å². The van der Waals surface area contributed by atoms with Gasteiger partial charge in [-0.1, -0.05) is 18.2 Å². The van der Waals surface area contributed by atoms with Gasteiger partial charge in [0.25, 0.3) is 0 Å². The van der Waals surface area contributed by atoms with Crippen molar-refractivity contribution in [1.82, 2.24) is 0 Å². The van der Waals surface area contributed by atoms with Gasteiger partial charge in [-0.3, -0.25) is 4.79 Å². The largest absolute Gasteiger partial charge is 0.399 e. The minimum atomic E-state index is -0.569. The normalized spacial score (nSPS) is 11.5. The zero-order chi connectivity index (χ0) is 15.8. The molecule has 0 unspecified atom stereocenters.